The van der Waals surface area contributed by atoms with E-state index in [0.29, 0.717) is 31.9 Å². The zero-order valence-corrected chi connectivity index (χ0v) is 15.0. The van der Waals surface area contributed by atoms with Crippen molar-refractivity contribution >= 4 is 11.8 Å². The molecule has 0 N–H and O–H groups in total. The molecule has 0 spiro atoms. The molecule has 1 aliphatic heterocycles. The minimum absolute atomic E-state index is 0.0170. The second-order valence-corrected chi connectivity index (χ2v) is 6.25. The molecule has 1 fully saturated rings. The lowest BCUT2D eigenvalue weighted by Gasteiger charge is -2.22. The van der Waals surface area contributed by atoms with E-state index in [-0.39, 0.29) is 18.4 Å². The second kappa shape index (κ2) is 8.56. The third-order valence-corrected chi connectivity index (χ3v) is 4.57. The van der Waals surface area contributed by atoms with Gasteiger partial charge in [-0.05, 0) is 36.6 Å². The molecular weight excluding hydrogens is 332 g/mol. The van der Waals surface area contributed by atoms with Crippen molar-refractivity contribution in [2.75, 3.05) is 32.8 Å². The summed E-state index contributed by atoms with van der Waals surface area (Å²) in [5, 5.41) is 0. The van der Waals surface area contributed by atoms with Crippen LogP contribution in [0.25, 0.3) is 0 Å². The molecule has 0 atom stereocenters. The molecule has 2 heterocycles. The van der Waals surface area contributed by atoms with E-state index < -0.39 is 0 Å². The van der Waals surface area contributed by atoms with Crippen LogP contribution < -0.4 is 4.74 Å². The molecule has 0 aliphatic carbocycles. The van der Waals surface area contributed by atoms with Crippen LogP contribution in [0.1, 0.15) is 29.5 Å². The van der Waals surface area contributed by atoms with Gasteiger partial charge in [0, 0.05) is 26.2 Å². The first-order valence-corrected chi connectivity index (χ1v) is 9.00. The van der Waals surface area contributed by atoms with Crippen molar-refractivity contribution in [2.45, 2.75) is 19.8 Å². The van der Waals surface area contributed by atoms with E-state index in [9.17, 15) is 9.59 Å². The van der Waals surface area contributed by atoms with Crippen molar-refractivity contribution in [2.24, 2.45) is 0 Å². The minimum Gasteiger partial charge on any atom is -0.483 e. The normalized spacial score (nSPS) is 14.8. The van der Waals surface area contributed by atoms with E-state index in [2.05, 4.69) is 6.92 Å². The topological polar surface area (TPSA) is 63.0 Å². The van der Waals surface area contributed by atoms with Crippen molar-refractivity contribution in [3.05, 3.63) is 54.0 Å². The average Bonchev–Trinajstić information content (AvgIpc) is 3.10. The molecular formula is C20H24N2O4. The number of carbonyl (C=O) groups is 2. The molecule has 2 aromatic rings. The SMILES string of the molecule is CCc1ccccc1OCC(=O)N1CCCN(C(=O)c2ccco2)CC1. The maximum atomic E-state index is 12.5. The van der Waals surface area contributed by atoms with Gasteiger partial charge in [0.05, 0.1) is 6.26 Å². The molecule has 1 saturated heterocycles. The lowest BCUT2D eigenvalue weighted by Crippen LogP contribution is -2.39. The number of hydrogen-bond donors (Lipinski definition) is 0. The average molecular weight is 356 g/mol. The number of furan rings is 1. The zero-order chi connectivity index (χ0) is 18.4. The predicted molar refractivity (Wildman–Crippen MR) is 97.1 cm³/mol. The van der Waals surface area contributed by atoms with Gasteiger partial charge in [-0.1, -0.05) is 25.1 Å². The largest absolute Gasteiger partial charge is 0.483 e. The van der Waals surface area contributed by atoms with Crippen LogP contribution in [0.4, 0.5) is 0 Å². The van der Waals surface area contributed by atoms with Crippen molar-refractivity contribution in [3.63, 3.8) is 0 Å². The Morgan fingerprint density at radius 1 is 1.04 bits per heavy atom. The van der Waals surface area contributed by atoms with Crippen LogP contribution in [0.3, 0.4) is 0 Å². The number of ether oxygens (including phenoxy) is 1. The van der Waals surface area contributed by atoms with Crippen LogP contribution in [0.5, 0.6) is 5.75 Å². The molecule has 0 radical (unpaired) electrons. The van der Waals surface area contributed by atoms with Crippen molar-refractivity contribution in [1.29, 1.82) is 0 Å². The number of benzene rings is 1. The molecule has 3 rings (SSSR count). The number of carbonyl (C=O) groups excluding carboxylic acids is 2. The van der Waals surface area contributed by atoms with Gasteiger partial charge >= 0.3 is 0 Å². The number of nitrogens with zero attached hydrogens (tertiary/aromatic N) is 2. The van der Waals surface area contributed by atoms with Gasteiger partial charge in [0.2, 0.25) is 0 Å². The third kappa shape index (κ3) is 4.25. The Morgan fingerprint density at radius 2 is 1.81 bits per heavy atom. The van der Waals surface area contributed by atoms with E-state index in [4.69, 9.17) is 9.15 Å². The standard InChI is InChI=1S/C20H24N2O4/c1-2-16-7-3-4-8-17(16)26-15-19(23)21-10-6-11-22(13-12-21)20(24)18-9-5-14-25-18/h3-5,7-9,14H,2,6,10-13,15H2,1H3. The fourth-order valence-electron chi connectivity index (χ4n) is 3.09. The van der Waals surface area contributed by atoms with Crippen LogP contribution >= 0.6 is 0 Å². The van der Waals surface area contributed by atoms with E-state index in [1.165, 1.54) is 6.26 Å². The molecule has 26 heavy (non-hydrogen) atoms. The first kappa shape index (κ1) is 18.0. The van der Waals surface area contributed by atoms with Gasteiger partial charge < -0.3 is 19.0 Å². The van der Waals surface area contributed by atoms with Crippen LogP contribution in [-0.4, -0.2) is 54.4 Å². The summed E-state index contributed by atoms with van der Waals surface area (Å²) >= 11 is 0. The predicted octanol–water partition coefficient (Wildman–Crippen LogP) is 2.60. The van der Waals surface area contributed by atoms with Crippen molar-refractivity contribution in [1.82, 2.24) is 9.80 Å². The lowest BCUT2D eigenvalue weighted by atomic mass is 10.1. The molecule has 2 amide bonds. The summed E-state index contributed by atoms with van der Waals surface area (Å²) in [5.74, 6) is 0.915. The maximum Gasteiger partial charge on any atom is 0.289 e. The fourth-order valence-corrected chi connectivity index (χ4v) is 3.09. The van der Waals surface area contributed by atoms with Crippen molar-refractivity contribution in [3.8, 4) is 5.75 Å². The van der Waals surface area contributed by atoms with Gasteiger partial charge in [-0.2, -0.15) is 0 Å². The highest BCUT2D eigenvalue weighted by molar-refractivity contribution is 5.91. The quantitative estimate of drug-likeness (QED) is 0.826. The Hall–Kier alpha value is -2.76. The number of amides is 2. The monoisotopic (exact) mass is 356 g/mol. The zero-order valence-electron chi connectivity index (χ0n) is 15.0. The summed E-state index contributed by atoms with van der Waals surface area (Å²) in [6.07, 6.45) is 3.09. The third-order valence-electron chi connectivity index (χ3n) is 4.57. The van der Waals surface area contributed by atoms with E-state index in [0.717, 1.165) is 24.2 Å². The molecule has 0 unspecified atom stereocenters. The summed E-state index contributed by atoms with van der Waals surface area (Å²) in [6.45, 7) is 4.32. The Bertz CT molecular complexity index is 742. The summed E-state index contributed by atoms with van der Waals surface area (Å²) in [4.78, 5) is 28.4. The van der Waals surface area contributed by atoms with Gasteiger partial charge in [-0.3, -0.25) is 9.59 Å². The van der Waals surface area contributed by atoms with Gasteiger partial charge in [0.1, 0.15) is 5.75 Å². The first-order chi connectivity index (χ1) is 12.7. The van der Waals surface area contributed by atoms with Gasteiger partial charge in [0.15, 0.2) is 12.4 Å². The number of aryl methyl sites for hydroxylation is 1. The molecule has 0 saturated carbocycles. The van der Waals surface area contributed by atoms with Gasteiger partial charge in [0.25, 0.3) is 11.8 Å². The highest BCUT2D eigenvalue weighted by Gasteiger charge is 2.24. The summed E-state index contributed by atoms with van der Waals surface area (Å²) in [7, 11) is 0. The van der Waals surface area contributed by atoms with Crippen LogP contribution in [0.2, 0.25) is 0 Å². The molecule has 138 valence electrons. The van der Waals surface area contributed by atoms with Gasteiger partial charge in [-0.25, -0.2) is 0 Å². The number of para-hydroxylation sites is 1. The second-order valence-electron chi connectivity index (χ2n) is 6.25. The van der Waals surface area contributed by atoms with Crippen LogP contribution in [0, 0.1) is 0 Å². The van der Waals surface area contributed by atoms with Crippen LogP contribution in [-0.2, 0) is 11.2 Å². The molecule has 6 nitrogen and oxygen atoms in total. The summed E-state index contributed by atoms with van der Waals surface area (Å²) in [6, 6.07) is 11.1. The Labute approximate surface area is 153 Å². The minimum atomic E-state index is -0.127. The number of hydrogen-bond acceptors (Lipinski definition) is 4. The summed E-state index contributed by atoms with van der Waals surface area (Å²) in [5.41, 5.74) is 1.09. The Balaban J connectivity index is 1.53. The molecule has 1 aromatic carbocycles. The van der Waals surface area contributed by atoms with E-state index in [1.54, 1.807) is 21.9 Å². The first-order valence-electron chi connectivity index (χ1n) is 9.00. The molecule has 6 heteroatoms. The lowest BCUT2D eigenvalue weighted by molar-refractivity contribution is -0.133. The highest BCUT2D eigenvalue weighted by atomic mass is 16.5. The van der Waals surface area contributed by atoms with E-state index in [1.807, 2.05) is 24.3 Å². The number of rotatable bonds is 5. The Morgan fingerprint density at radius 3 is 2.58 bits per heavy atom. The maximum absolute atomic E-state index is 12.5. The van der Waals surface area contributed by atoms with Crippen LogP contribution in [0.15, 0.2) is 47.1 Å². The molecule has 1 aromatic heterocycles. The van der Waals surface area contributed by atoms with Gasteiger partial charge in [-0.15, -0.1) is 0 Å². The molecule has 1 aliphatic rings. The smallest absolute Gasteiger partial charge is 0.289 e. The Kier molecular flexibility index (Phi) is 5.94. The van der Waals surface area contributed by atoms with Crippen molar-refractivity contribution < 1.29 is 18.7 Å². The fraction of sp³-hybridized carbons (Fsp3) is 0.400. The van der Waals surface area contributed by atoms with E-state index >= 15 is 0 Å². The highest BCUT2D eigenvalue weighted by Crippen LogP contribution is 2.18. The molecule has 0 bridgehead atoms. The summed E-state index contributed by atoms with van der Waals surface area (Å²) < 4.78 is 10.9.